The molecule has 0 bridgehead atoms. The number of carboxylic acid groups (broad SMARTS) is 1. The SMILES string of the molecule is COCCOCC(C)(NC(C)C)C(=O)O. The highest BCUT2D eigenvalue weighted by Gasteiger charge is 2.33. The van der Waals surface area contributed by atoms with Gasteiger partial charge in [0.2, 0.25) is 0 Å². The van der Waals surface area contributed by atoms with Gasteiger partial charge < -0.3 is 14.6 Å². The molecular formula is C10H21NO4. The van der Waals surface area contributed by atoms with E-state index in [-0.39, 0.29) is 12.6 Å². The minimum Gasteiger partial charge on any atom is -0.480 e. The molecule has 0 rings (SSSR count). The summed E-state index contributed by atoms with van der Waals surface area (Å²) in [6.45, 7) is 6.41. The monoisotopic (exact) mass is 219 g/mol. The molecule has 0 amide bonds. The zero-order valence-electron chi connectivity index (χ0n) is 9.87. The van der Waals surface area contributed by atoms with Crippen molar-refractivity contribution in [2.75, 3.05) is 26.9 Å². The lowest BCUT2D eigenvalue weighted by Crippen LogP contribution is -2.55. The first-order chi connectivity index (χ1) is 6.92. The van der Waals surface area contributed by atoms with Gasteiger partial charge in [-0.2, -0.15) is 0 Å². The molecule has 15 heavy (non-hydrogen) atoms. The molecule has 0 aliphatic carbocycles. The summed E-state index contributed by atoms with van der Waals surface area (Å²) in [5, 5.41) is 12.0. The third-order valence-corrected chi connectivity index (χ3v) is 1.90. The van der Waals surface area contributed by atoms with E-state index in [0.29, 0.717) is 13.2 Å². The van der Waals surface area contributed by atoms with Crippen molar-refractivity contribution in [3.63, 3.8) is 0 Å². The molecule has 0 aromatic heterocycles. The number of ether oxygens (including phenoxy) is 2. The lowest BCUT2D eigenvalue weighted by atomic mass is 10.0. The second kappa shape index (κ2) is 6.76. The van der Waals surface area contributed by atoms with Crippen LogP contribution in [0.2, 0.25) is 0 Å². The zero-order valence-corrected chi connectivity index (χ0v) is 9.87. The van der Waals surface area contributed by atoms with E-state index < -0.39 is 11.5 Å². The van der Waals surface area contributed by atoms with E-state index in [1.165, 1.54) is 0 Å². The first-order valence-corrected chi connectivity index (χ1v) is 5.00. The number of nitrogens with one attached hydrogen (secondary N) is 1. The van der Waals surface area contributed by atoms with E-state index in [4.69, 9.17) is 14.6 Å². The van der Waals surface area contributed by atoms with Gasteiger partial charge in [-0.1, -0.05) is 0 Å². The van der Waals surface area contributed by atoms with E-state index in [2.05, 4.69) is 5.32 Å². The quantitative estimate of drug-likeness (QED) is 0.582. The molecule has 0 spiro atoms. The molecule has 0 aliphatic heterocycles. The van der Waals surface area contributed by atoms with E-state index in [1.807, 2.05) is 13.8 Å². The first-order valence-electron chi connectivity index (χ1n) is 5.00. The van der Waals surface area contributed by atoms with Crippen LogP contribution in [-0.4, -0.2) is 49.6 Å². The zero-order chi connectivity index (χ0) is 11.9. The molecule has 0 fully saturated rings. The molecule has 1 atom stereocenters. The summed E-state index contributed by atoms with van der Waals surface area (Å²) >= 11 is 0. The Labute approximate surface area is 90.8 Å². The van der Waals surface area contributed by atoms with Crippen molar-refractivity contribution in [3.8, 4) is 0 Å². The second-order valence-electron chi connectivity index (χ2n) is 3.98. The van der Waals surface area contributed by atoms with Crippen molar-refractivity contribution < 1.29 is 19.4 Å². The molecular weight excluding hydrogens is 198 g/mol. The summed E-state index contributed by atoms with van der Waals surface area (Å²) in [5.74, 6) is -0.909. The fourth-order valence-corrected chi connectivity index (χ4v) is 1.22. The minimum absolute atomic E-state index is 0.0946. The third kappa shape index (κ3) is 5.71. The Kier molecular flexibility index (Phi) is 6.47. The summed E-state index contributed by atoms with van der Waals surface area (Å²) in [4.78, 5) is 11.0. The Morgan fingerprint density at radius 2 is 2.07 bits per heavy atom. The van der Waals surface area contributed by atoms with Gasteiger partial charge in [-0.25, -0.2) is 0 Å². The van der Waals surface area contributed by atoms with E-state index in [0.717, 1.165) is 0 Å². The highest BCUT2D eigenvalue weighted by atomic mass is 16.5. The molecule has 0 heterocycles. The molecule has 0 saturated carbocycles. The highest BCUT2D eigenvalue weighted by molar-refractivity contribution is 5.78. The van der Waals surface area contributed by atoms with Crippen LogP contribution in [0.3, 0.4) is 0 Å². The summed E-state index contributed by atoms with van der Waals surface area (Å²) in [6, 6.07) is 0.0946. The lowest BCUT2D eigenvalue weighted by Gasteiger charge is -2.28. The predicted molar refractivity (Wildman–Crippen MR) is 57.0 cm³/mol. The van der Waals surface area contributed by atoms with Gasteiger partial charge in [0.25, 0.3) is 0 Å². The predicted octanol–water partition coefficient (Wildman–Crippen LogP) is 0.491. The Morgan fingerprint density at radius 1 is 1.47 bits per heavy atom. The number of aliphatic carboxylic acids is 1. The highest BCUT2D eigenvalue weighted by Crippen LogP contribution is 2.06. The molecule has 1 unspecified atom stereocenters. The Hall–Kier alpha value is -0.650. The first kappa shape index (κ1) is 14.3. The van der Waals surface area contributed by atoms with Gasteiger partial charge in [0.05, 0.1) is 19.8 Å². The molecule has 0 aromatic rings. The standard InChI is InChI=1S/C10H21NO4/c1-8(2)11-10(3,9(12)13)7-15-6-5-14-4/h8,11H,5-7H2,1-4H3,(H,12,13). The fourth-order valence-electron chi connectivity index (χ4n) is 1.22. The van der Waals surface area contributed by atoms with Gasteiger partial charge in [-0.05, 0) is 20.8 Å². The van der Waals surface area contributed by atoms with Crippen LogP contribution in [-0.2, 0) is 14.3 Å². The minimum atomic E-state index is -1.04. The van der Waals surface area contributed by atoms with E-state index in [1.54, 1.807) is 14.0 Å². The molecule has 0 aliphatic rings. The van der Waals surface area contributed by atoms with Crippen molar-refractivity contribution in [1.29, 1.82) is 0 Å². The van der Waals surface area contributed by atoms with Crippen molar-refractivity contribution in [1.82, 2.24) is 5.32 Å². The maximum atomic E-state index is 11.0. The summed E-state index contributed by atoms with van der Waals surface area (Å²) in [7, 11) is 1.58. The van der Waals surface area contributed by atoms with Crippen LogP contribution in [0.25, 0.3) is 0 Å². The summed E-state index contributed by atoms with van der Waals surface area (Å²) in [5.41, 5.74) is -1.04. The van der Waals surface area contributed by atoms with Gasteiger partial charge in [-0.15, -0.1) is 0 Å². The van der Waals surface area contributed by atoms with Crippen molar-refractivity contribution >= 4 is 5.97 Å². The number of carboxylic acids is 1. The van der Waals surface area contributed by atoms with Crippen LogP contribution >= 0.6 is 0 Å². The van der Waals surface area contributed by atoms with Crippen LogP contribution in [0.15, 0.2) is 0 Å². The molecule has 0 aromatic carbocycles. The fraction of sp³-hybridized carbons (Fsp3) is 0.900. The maximum Gasteiger partial charge on any atom is 0.326 e. The van der Waals surface area contributed by atoms with Crippen molar-refractivity contribution in [2.24, 2.45) is 0 Å². The molecule has 90 valence electrons. The Bertz CT molecular complexity index is 196. The third-order valence-electron chi connectivity index (χ3n) is 1.90. The van der Waals surface area contributed by atoms with E-state index >= 15 is 0 Å². The molecule has 0 radical (unpaired) electrons. The molecule has 5 heteroatoms. The van der Waals surface area contributed by atoms with Gasteiger partial charge in [0, 0.05) is 13.2 Å². The summed E-state index contributed by atoms with van der Waals surface area (Å²) < 4.78 is 10.0. The van der Waals surface area contributed by atoms with Gasteiger partial charge in [0.1, 0.15) is 5.54 Å². The topological polar surface area (TPSA) is 67.8 Å². The van der Waals surface area contributed by atoms with E-state index in [9.17, 15) is 4.79 Å². The maximum absolute atomic E-state index is 11.0. The van der Waals surface area contributed by atoms with Crippen molar-refractivity contribution in [3.05, 3.63) is 0 Å². The Morgan fingerprint density at radius 3 is 2.47 bits per heavy atom. The van der Waals surface area contributed by atoms with Crippen LogP contribution in [0.1, 0.15) is 20.8 Å². The molecule has 0 saturated heterocycles. The second-order valence-corrected chi connectivity index (χ2v) is 3.98. The van der Waals surface area contributed by atoms with Crippen molar-refractivity contribution in [2.45, 2.75) is 32.4 Å². The number of carbonyl (C=O) groups is 1. The normalized spacial score (nSPS) is 15.3. The smallest absolute Gasteiger partial charge is 0.326 e. The number of hydrogen-bond acceptors (Lipinski definition) is 4. The summed E-state index contributed by atoms with van der Waals surface area (Å²) in [6.07, 6.45) is 0. The average molecular weight is 219 g/mol. The average Bonchev–Trinajstić information content (AvgIpc) is 2.11. The molecule has 2 N–H and O–H groups in total. The number of rotatable bonds is 8. The van der Waals surface area contributed by atoms with Gasteiger partial charge in [0.15, 0.2) is 0 Å². The number of methoxy groups -OCH3 is 1. The van der Waals surface area contributed by atoms with Gasteiger partial charge >= 0.3 is 5.97 Å². The largest absolute Gasteiger partial charge is 0.480 e. The van der Waals surface area contributed by atoms with Gasteiger partial charge in [-0.3, -0.25) is 10.1 Å². The lowest BCUT2D eigenvalue weighted by molar-refractivity contribution is -0.147. The van der Waals surface area contributed by atoms with Crippen LogP contribution in [0.5, 0.6) is 0 Å². The number of hydrogen-bond donors (Lipinski definition) is 2. The molecule has 5 nitrogen and oxygen atoms in total. The Balaban J connectivity index is 4.08. The van der Waals surface area contributed by atoms with Crippen LogP contribution in [0, 0.1) is 0 Å². The van der Waals surface area contributed by atoms with Crippen LogP contribution in [0.4, 0.5) is 0 Å². The van der Waals surface area contributed by atoms with Crippen LogP contribution < -0.4 is 5.32 Å².